The summed E-state index contributed by atoms with van der Waals surface area (Å²) in [6.07, 6.45) is 5.77. The first-order valence-electron chi connectivity index (χ1n) is 14.3. The zero-order valence-electron chi connectivity index (χ0n) is 24.8. The van der Waals surface area contributed by atoms with Crippen LogP contribution in [0.2, 0.25) is 0 Å². The number of allylic oxidation sites excluding steroid dienone is 1. The van der Waals surface area contributed by atoms with Crippen molar-refractivity contribution in [3.63, 3.8) is 0 Å². The summed E-state index contributed by atoms with van der Waals surface area (Å²) in [6.45, 7) is 6.31. The van der Waals surface area contributed by atoms with Crippen molar-refractivity contribution in [3.05, 3.63) is 102 Å². The summed E-state index contributed by atoms with van der Waals surface area (Å²) in [4.78, 5) is 26.2. The molecular formula is C36H41NO4. The van der Waals surface area contributed by atoms with Crippen molar-refractivity contribution in [2.75, 3.05) is 21.0 Å². The van der Waals surface area contributed by atoms with E-state index in [0.717, 1.165) is 39.1 Å². The molecule has 2 unspecified atom stereocenters. The fraction of sp³-hybridized carbons (Fsp3) is 0.333. The standard InChI is InChI=1S/C36H41NO4/c1-6-25(21-30(23-36(2,3)41-5)35(39)37-24-40-4)26-15-17-27(18-16-26)34(38)20-19-33-31-13-9-7-11-28(31)22-29-12-8-10-14-32(29)33/h7-20,22,25,30H,6,21,23-24H2,1-5H3,(H,37,39)/b20-19+. The molecule has 1 amide bonds. The third kappa shape index (κ3) is 7.49. The zero-order valence-corrected chi connectivity index (χ0v) is 24.8. The van der Waals surface area contributed by atoms with Gasteiger partial charge in [-0.2, -0.15) is 0 Å². The number of hydrogen-bond acceptors (Lipinski definition) is 4. The Morgan fingerprint density at radius 1 is 0.902 bits per heavy atom. The first-order valence-corrected chi connectivity index (χ1v) is 14.3. The van der Waals surface area contributed by atoms with Gasteiger partial charge in [-0.3, -0.25) is 9.59 Å². The predicted molar refractivity (Wildman–Crippen MR) is 168 cm³/mol. The van der Waals surface area contributed by atoms with Crippen molar-refractivity contribution in [1.82, 2.24) is 5.32 Å². The molecule has 0 spiro atoms. The lowest BCUT2D eigenvalue weighted by Crippen LogP contribution is -2.38. The first kappa shape index (κ1) is 30.2. The van der Waals surface area contributed by atoms with E-state index in [1.54, 1.807) is 20.3 Å². The van der Waals surface area contributed by atoms with Gasteiger partial charge in [0.1, 0.15) is 6.73 Å². The monoisotopic (exact) mass is 551 g/mol. The van der Waals surface area contributed by atoms with E-state index in [2.05, 4.69) is 42.6 Å². The fourth-order valence-electron chi connectivity index (χ4n) is 5.53. The normalized spacial score (nSPS) is 13.5. The number of methoxy groups -OCH3 is 2. The average molecular weight is 552 g/mol. The second-order valence-electron chi connectivity index (χ2n) is 11.2. The summed E-state index contributed by atoms with van der Waals surface area (Å²) < 4.78 is 10.7. The third-order valence-electron chi connectivity index (χ3n) is 7.99. The van der Waals surface area contributed by atoms with Gasteiger partial charge < -0.3 is 14.8 Å². The highest BCUT2D eigenvalue weighted by molar-refractivity contribution is 6.11. The number of nitrogens with one attached hydrogen (secondary N) is 1. The number of carbonyl (C=O) groups is 2. The van der Waals surface area contributed by atoms with Gasteiger partial charge in [-0.1, -0.05) is 79.7 Å². The van der Waals surface area contributed by atoms with Gasteiger partial charge in [-0.25, -0.2) is 0 Å². The lowest BCUT2D eigenvalue weighted by Gasteiger charge is -2.30. The summed E-state index contributed by atoms with van der Waals surface area (Å²) in [6, 6.07) is 26.6. The highest BCUT2D eigenvalue weighted by Crippen LogP contribution is 2.33. The molecule has 2 atom stereocenters. The molecule has 4 rings (SSSR count). The number of ether oxygens (including phenoxy) is 2. The van der Waals surface area contributed by atoms with Crippen LogP contribution in [0.1, 0.15) is 67.4 Å². The summed E-state index contributed by atoms with van der Waals surface area (Å²) in [5.41, 5.74) is 2.38. The van der Waals surface area contributed by atoms with E-state index < -0.39 is 5.60 Å². The fourth-order valence-corrected chi connectivity index (χ4v) is 5.53. The molecule has 4 aromatic carbocycles. The average Bonchev–Trinajstić information content (AvgIpc) is 2.99. The van der Waals surface area contributed by atoms with Crippen molar-refractivity contribution in [1.29, 1.82) is 0 Å². The van der Waals surface area contributed by atoms with E-state index in [1.807, 2.05) is 68.5 Å². The van der Waals surface area contributed by atoms with Gasteiger partial charge in [0.2, 0.25) is 5.91 Å². The minimum Gasteiger partial charge on any atom is -0.379 e. The van der Waals surface area contributed by atoms with Crippen LogP contribution in [0.4, 0.5) is 0 Å². The largest absolute Gasteiger partial charge is 0.379 e. The van der Waals surface area contributed by atoms with Crippen LogP contribution in [0.5, 0.6) is 0 Å². The highest BCUT2D eigenvalue weighted by Gasteiger charge is 2.30. The molecule has 5 heteroatoms. The van der Waals surface area contributed by atoms with Gasteiger partial charge in [-0.05, 0) is 89.9 Å². The molecule has 0 bridgehead atoms. The van der Waals surface area contributed by atoms with Crippen LogP contribution >= 0.6 is 0 Å². The van der Waals surface area contributed by atoms with Gasteiger partial charge in [0.05, 0.1) is 5.60 Å². The Labute approximate surface area is 243 Å². The van der Waals surface area contributed by atoms with Crippen LogP contribution in [-0.2, 0) is 14.3 Å². The third-order valence-corrected chi connectivity index (χ3v) is 7.99. The van der Waals surface area contributed by atoms with E-state index in [4.69, 9.17) is 9.47 Å². The number of benzene rings is 4. The molecule has 0 saturated heterocycles. The van der Waals surface area contributed by atoms with Crippen LogP contribution in [0, 0.1) is 5.92 Å². The molecule has 0 radical (unpaired) electrons. The molecule has 41 heavy (non-hydrogen) atoms. The number of carbonyl (C=O) groups excluding carboxylic acids is 2. The lowest BCUT2D eigenvalue weighted by molar-refractivity contribution is -0.129. The molecule has 0 heterocycles. The van der Waals surface area contributed by atoms with Gasteiger partial charge in [0.15, 0.2) is 5.78 Å². The summed E-state index contributed by atoms with van der Waals surface area (Å²) in [5, 5.41) is 7.41. The number of ketones is 1. The molecule has 0 aliphatic carbocycles. The first-order chi connectivity index (χ1) is 19.8. The van der Waals surface area contributed by atoms with Crippen LogP contribution < -0.4 is 5.32 Å². The van der Waals surface area contributed by atoms with E-state index >= 15 is 0 Å². The maximum atomic E-state index is 13.2. The maximum absolute atomic E-state index is 13.2. The van der Waals surface area contributed by atoms with Crippen LogP contribution in [0.15, 0.2) is 84.9 Å². The minimum atomic E-state index is -0.425. The van der Waals surface area contributed by atoms with E-state index in [-0.39, 0.29) is 30.3 Å². The maximum Gasteiger partial charge on any atom is 0.225 e. The van der Waals surface area contributed by atoms with Crippen molar-refractivity contribution in [2.24, 2.45) is 5.92 Å². The molecule has 0 aliphatic heterocycles. The molecule has 0 fully saturated rings. The van der Waals surface area contributed by atoms with Crippen molar-refractivity contribution in [3.8, 4) is 0 Å². The number of rotatable bonds is 13. The van der Waals surface area contributed by atoms with E-state index in [0.29, 0.717) is 18.4 Å². The molecule has 0 saturated carbocycles. The molecule has 0 aromatic heterocycles. The van der Waals surface area contributed by atoms with Gasteiger partial charge in [0, 0.05) is 25.7 Å². The second-order valence-corrected chi connectivity index (χ2v) is 11.2. The van der Waals surface area contributed by atoms with Gasteiger partial charge in [0.25, 0.3) is 0 Å². The number of hydrogen-bond donors (Lipinski definition) is 1. The van der Waals surface area contributed by atoms with E-state index in [9.17, 15) is 9.59 Å². The Balaban J connectivity index is 1.54. The quantitative estimate of drug-likeness (QED) is 0.0793. The minimum absolute atomic E-state index is 0.0340. The molecule has 214 valence electrons. The molecule has 4 aromatic rings. The van der Waals surface area contributed by atoms with Crippen LogP contribution in [-0.4, -0.2) is 38.2 Å². The SMILES string of the molecule is CCC(CC(CC(C)(C)OC)C(=O)NCOC)c1ccc(C(=O)/C=C/c2c3ccccc3cc3ccccc23)cc1. The highest BCUT2D eigenvalue weighted by atomic mass is 16.5. The number of amides is 1. The van der Waals surface area contributed by atoms with Gasteiger partial charge in [-0.15, -0.1) is 0 Å². The predicted octanol–water partition coefficient (Wildman–Crippen LogP) is 7.92. The molecular weight excluding hydrogens is 510 g/mol. The van der Waals surface area contributed by atoms with Gasteiger partial charge >= 0.3 is 0 Å². The van der Waals surface area contributed by atoms with E-state index in [1.165, 1.54) is 0 Å². The number of fused-ring (bicyclic) bond motifs is 2. The molecule has 1 N–H and O–H groups in total. The Hall–Kier alpha value is -3.80. The van der Waals surface area contributed by atoms with Crippen molar-refractivity contribution in [2.45, 2.75) is 51.6 Å². The molecule has 0 aliphatic rings. The van der Waals surface area contributed by atoms with Crippen LogP contribution in [0.3, 0.4) is 0 Å². The Kier molecular flexibility index (Phi) is 10.1. The lowest BCUT2D eigenvalue weighted by atomic mass is 9.81. The Bertz CT molecular complexity index is 1470. The van der Waals surface area contributed by atoms with Crippen LogP contribution in [0.25, 0.3) is 27.6 Å². The topological polar surface area (TPSA) is 64.6 Å². The Morgan fingerprint density at radius 3 is 2.07 bits per heavy atom. The summed E-state index contributed by atoms with van der Waals surface area (Å²) in [5.74, 6) is -0.138. The smallest absolute Gasteiger partial charge is 0.225 e. The second kappa shape index (κ2) is 13.7. The Morgan fingerprint density at radius 2 is 1.51 bits per heavy atom. The summed E-state index contributed by atoms with van der Waals surface area (Å²) in [7, 11) is 3.24. The summed E-state index contributed by atoms with van der Waals surface area (Å²) >= 11 is 0. The molecule has 5 nitrogen and oxygen atoms in total. The van der Waals surface area contributed by atoms with Crippen molar-refractivity contribution >= 4 is 39.3 Å². The zero-order chi connectivity index (χ0) is 29.4. The van der Waals surface area contributed by atoms with Crippen molar-refractivity contribution < 1.29 is 19.1 Å².